The fraction of sp³-hybridized carbons (Fsp3) is 0.526. The summed E-state index contributed by atoms with van der Waals surface area (Å²) in [5.74, 6) is -1.95. The van der Waals surface area contributed by atoms with Crippen molar-refractivity contribution < 1.29 is 19.1 Å². The highest BCUT2D eigenvalue weighted by molar-refractivity contribution is 6.15. The second kappa shape index (κ2) is 5.89. The van der Waals surface area contributed by atoms with Gasteiger partial charge in [-0.1, -0.05) is 17.7 Å². The van der Waals surface area contributed by atoms with Crippen molar-refractivity contribution >= 4 is 23.4 Å². The summed E-state index contributed by atoms with van der Waals surface area (Å²) in [5.41, 5.74) is 1.31. The summed E-state index contributed by atoms with van der Waals surface area (Å²) in [7, 11) is 1.59. The van der Waals surface area contributed by atoms with Crippen molar-refractivity contribution in [2.75, 3.05) is 25.6 Å². The van der Waals surface area contributed by atoms with E-state index >= 15 is 0 Å². The third kappa shape index (κ3) is 2.10. The van der Waals surface area contributed by atoms with Crippen molar-refractivity contribution in [1.29, 1.82) is 0 Å². The summed E-state index contributed by atoms with van der Waals surface area (Å²) >= 11 is 0. The molecule has 2 fully saturated rings. The molecule has 3 aliphatic heterocycles. The zero-order valence-electron chi connectivity index (χ0n) is 15.2. The van der Waals surface area contributed by atoms with E-state index in [0.717, 1.165) is 11.1 Å². The van der Waals surface area contributed by atoms with E-state index in [2.05, 4.69) is 10.6 Å². The zero-order chi connectivity index (χ0) is 18.6. The van der Waals surface area contributed by atoms with Crippen molar-refractivity contribution in [3.05, 3.63) is 29.3 Å². The van der Waals surface area contributed by atoms with E-state index in [1.54, 1.807) is 7.11 Å². The number of carbonyl (C=O) groups is 3. The van der Waals surface area contributed by atoms with Crippen LogP contribution >= 0.6 is 0 Å². The first kappa shape index (κ1) is 17.2. The normalized spacial score (nSPS) is 32.3. The van der Waals surface area contributed by atoms with Crippen LogP contribution in [0.4, 0.5) is 5.69 Å². The van der Waals surface area contributed by atoms with Crippen molar-refractivity contribution in [2.45, 2.75) is 31.8 Å². The van der Waals surface area contributed by atoms with Gasteiger partial charge in [-0.05, 0) is 26.3 Å². The van der Waals surface area contributed by atoms with Crippen LogP contribution in [0.5, 0.6) is 0 Å². The van der Waals surface area contributed by atoms with Crippen molar-refractivity contribution in [3.63, 3.8) is 0 Å². The summed E-state index contributed by atoms with van der Waals surface area (Å²) < 4.78 is 5.03. The van der Waals surface area contributed by atoms with Crippen LogP contribution in [-0.2, 0) is 24.7 Å². The third-order valence-corrected chi connectivity index (χ3v) is 5.84. The first-order valence-electron chi connectivity index (χ1n) is 8.96. The Morgan fingerprint density at radius 3 is 2.73 bits per heavy atom. The Bertz CT molecular complexity index is 808. The quantitative estimate of drug-likeness (QED) is 0.614. The van der Waals surface area contributed by atoms with E-state index < -0.39 is 17.4 Å². The Morgan fingerprint density at radius 2 is 2.00 bits per heavy atom. The highest BCUT2D eigenvalue weighted by Crippen LogP contribution is 2.52. The highest BCUT2D eigenvalue weighted by Gasteiger charge is 2.69. The standard InChI is InChI=1S/C19H23N3O4/c1-10-5-6-13-12(9-10)19(18(25)20-13)15-14(11(2)21-19)16(23)22(17(15)24)7-4-8-26-3/h5-6,9,11,14-15,21H,4,7-8H2,1-3H3,(H,20,25). The summed E-state index contributed by atoms with van der Waals surface area (Å²) in [5, 5.41) is 6.20. The molecule has 2 saturated heterocycles. The average molecular weight is 357 g/mol. The summed E-state index contributed by atoms with van der Waals surface area (Å²) in [4.78, 5) is 40.4. The van der Waals surface area contributed by atoms with Gasteiger partial charge in [0, 0.05) is 37.6 Å². The average Bonchev–Trinajstić information content (AvgIpc) is 3.15. The number of methoxy groups -OCH3 is 1. The molecule has 0 saturated carbocycles. The largest absolute Gasteiger partial charge is 0.385 e. The van der Waals surface area contributed by atoms with Gasteiger partial charge in [0.2, 0.25) is 17.7 Å². The predicted molar refractivity (Wildman–Crippen MR) is 94.3 cm³/mol. The van der Waals surface area contributed by atoms with Crippen LogP contribution < -0.4 is 10.6 Å². The third-order valence-electron chi connectivity index (χ3n) is 5.84. The fourth-order valence-electron chi connectivity index (χ4n) is 4.72. The SMILES string of the molecule is COCCCN1C(=O)C2C(C)NC3(C(=O)Nc4ccc(C)cc43)C2C1=O. The number of ether oxygens (including phenoxy) is 1. The van der Waals surface area contributed by atoms with Gasteiger partial charge in [-0.25, -0.2) is 0 Å². The minimum Gasteiger partial charge on any atom is -0.385 e. The second-order valence-electron chi connectivity index (χ2n) is 7.42. The maximum atomic E-state index is 13.2. The number of aryl methyl sites for hydroxylation is 1. The molecule has 26 heavy (non-hydrogen) atoms. The Kier molecular flexibility index (Phi) is 3.89. The van der Waals surface area contributed by atoms with E-state index in [-0.39, 0.29) is 23.8 Å². The predicted octanol–water partition coefficient (Wildman–Crippen LogP) is 0.772. The van der Waals surface area contributed by atoms with Gasteiger partial charge < -0.3 is 10.1 Å². The fourth-order valence-corrected chi connectivity index (χ4v) is 4.72. The molecule has 0 bridgehead atoms. The van der Waals surface area contributed by atoms with Gasteiger partial charge in [0.1, 0.15) is 5.54 Å². The summed E-state index contributed by atoms with van der Waals surface area (Å²) in [6.45, 7) is 4.63. The number of hydrogen-bond donors (Lipinski definition) is 2. The molecule has 1 spiro atoms. The van der Waals surface area contributed by atoms with E-state index in [0.29, 0.717) is 25.3 Å². The number of nitrogens with zero attached hydrogens (tertiary/aromatic N) is 1. The molecule has 0 aromatic heterocycles. The number of benzene rings is 1. The van der Waals surface area contributed by atoms with Gasteiger partial charge in [0.15, 0.2) is 0 Å². The van der Waals surface area contributed by atoms with Crippen molar-refractivity contribution in [3.8, 4) is 0 Å². The van der Waals surface area contributed by atoms with Gasteiger partial charge in [-0.15, -0.1) is 0 Å². The molecule has 1 aromatic carbocycles. The lowest BCUT2D eigenvalue weighted by atomic mass is 9.76. The van der Waals surface area contributed by atoms with Gasteiger partial charge in [0.25, 0.3) is 0 Å². The van der Waals surface area contributed by atoms with Crippen LogP contribution in [0.2, 0.25) is 0 Å². The molecule has 0 aliphatic carbocycles. The molecule has 4 unspecified atom stereocenters. The van der Waals surface area contributed by atoms with E-state index in [1.165, 1.54) is 4.90 Å². The molecule has 7 heteroatoms. The number of likely N-dealkylation sites (tertiary alicyclic amines) is 1. The molecule has 4 rings (SSSR count). The smallest absolute Gasteiger partial charge is 0.250 e. The van der Waals surface area contributed by atoms with Crippen LogP contribution in [0.1, 0.15) is 24.5 Å². The van der Waals surface area contributed by atoms with Crippen LogP contribution in [-0.4, -0.2) is 48.9 Å². The van der Waals surface area contributed by atoms with Crippen LogP contribution in [0.15, 0.2) is 18.2 Å². The van der Waals surface area contributed by atoms with Crippen LogP contribution in [0.25, 0.3) is 0 Å². The second-order valence-corrected chi connectivity index (χ2v) is 7.42. The summed E-state index contributed by atoms with van der Waals surface area (Å²) in [6.07, 6.45) is 0.587. The lowest BCUT2D eigenvalue weighted by molar-refractivity contribution is -0.143. The monoisotopic (exact) mass is 357 g/mol. The minimum absolute atomic E-state index is 0.193. The molecule has 2 N–H and O–H groups in total. The number of imide groups is 1. The highest BCUT2D eigenvalue weighted by atomic mass is 16.5. The number of carbonyl (C=O) groups excluding carboxylic acids is 3. The molecule has 3 heterocycles. The van der Waals surface area contributed by atoms with Crippen LogP contribution in [0, 0.1) is 18.8 Å². The van der Waals surface area contributed by atoms with Crippen molar-refractivity contribution in [1.82, 2.24) is 10.2 Å². The molecule has 4 atom stereocenters. The topological polar surface area (TPSA) is 87.7 Å². The van der Waals surface area contributed by atoms with Crippen molar-refractivity contribution in [2.24, 2.45) is 11.8 Å². The first-order valence-corrected chi connectivity index (χ1v) is 8.96. The van der Waals surface area contributed by atoms with Crippen LogP contribution in [0.3, 0.4) is 0 Å². The first-order chi connectivity index (χ1) is 12.4. The molecule has 1 aromatic rings. The number of fused-ring (bicyclic) bond motifs is 4. The van der Waals surface area contributed by atoms with E-state index in [9.17, 15) is 14.4 Å². The Hall–Kier alpha value is -2.25. The van der Waals surface area contributed by atoms with Gasteiger partial charge in [0.05, 0.1) is 11.8 Å². The number of anilines is 1. The molecule has 0 radical (unpaired) electrons. The number of nitrogens with one attached hydrogen (secondary N) is 2. The Morgan fingerprint density at radius 1 is 1.23 bits per heavy atom. The number of amides is 3. The maximum Gasteiger partial charge on any atom is 0.250 e. The Labute approximate surface area is 152 Å². The lowest BCUT2D eigenvalue weighted by Crippen LogP contribution is -2.53. The van der Waals surface area contributed by atoms with E-state index in [4.69, 9.17) is 4.74 Å². The summed E-state index contributed by atoms with van der Waals surface area (Å²) in [6, 6.07) is 5.45. The zero-order valence-corrected chi connectivity index (χ0v) is 15.2. The molecule has 7 nitrogen and oxygen atoms in total. The molecular formula is C19H23N3O4. The molecule has 3 aliphatic rings. The Balaban J connectivity index is 1.77. The minimum atomic E-state index is -1.17. The molecule has 3 amide bonds. The molecule has 138 valence electrons. The van der Waals surface area contributed by atoms with Gasteiger partial charge >= 0.3 is 0 Å². The van der Waals surface area contributed by atoms with E-state index in [1.807, 2.05) is 32.0 Å². The lowest BCUT2D eigenvalue weighted by Gasteiger charge is -2.29. The maximum absolute atomic E-state index is 13.2. The number of hydrogen-bond acceptors (Lipinski definition) is 5. The van der Waals surface area contributed by atoms with Gasteiger partial charge in [-0.2, -0.15) is 0 Å². The van der Waals surface area contributed by atoms with Gasteiger partial charge in [-0.3, -0.25) is 24.6 Å². The molecular weight excluding hydrogens is 334 g/mol. The number of rotatable bonds is 4.